The fourth-order valence-corrected chi connectivity index (χ4v) is 4.20. The molecule has 1 aromatic carbocycles. The van der Waals surface area contributed by atoms with Crippen molar-refractivity contribution in [1.82, 2.24) is 0 Å². The fourth-order valence-electron chi connectivity index (χ4n) is 3.13. The van der Waals surface area contributed by atoms with Crippen LogP contribution in [0.15, 0.2) is 29.2 Å². The third-order valence-electron chi connectivity index (χ3n) is 4.45. The first-order chi connectivity index (χ1) is 9.49. The molecule has 1 aromatic rings. The lowest BCUT2D eigenvalue weighted by molar-refractivity contribution is 0.0566. The SMILES string of the molecule is Cc1ccccc1[S@](=O)OC1CC(C)CCC1C(C)C. The average Bonchev–Trinajstić information content (AvgIpc) is 2.38. The van der Waals surface area contributed by atoms with Crippen LogP contribution in [0.1, 0.15) is 45.6 Å². The topological polar surface area (TPSA) is 26.3 Å². The lowest BCUT2D eigenvalue weighted by Crippen LogP contribution is -2.34. The van der Waals surface area contributed by atoms with E-state index >= 15 is 0 Å². The van der Waals surface area contributed by atoms with Gasteiger partial charge < -0.3 is 0 Å². The second-order valence-electron chi connectivity index (χ2n) is 6.46. The summed E-state index contributed by atoms with van der Waals surface area (Å²) in [5.74, 6) is 1.78. The summed E-state index contributed by atoms with van der Waals surface area (Å²) >= 11 is -1.34. The molecular formula is C17H26O2S. The Hall–Kier alpha value is -0.670. The molecule has 2 rings (SSSR count). The van der Waals surface area contributed by atoms with Crippen LogP contribution < -0.4 is 0 Å². The van der Waals surface area contributed by atoms with Gasteiger partial charge in [0.05, 0.1) is 11.0 Å². The lowest BCUT2D eigenvalue weighted by atomic mass is 9.75. The molecule has 3 unspecified atom stereocenters. The molecule has 1 fully saturated rings. The summed E-state index contributed by atoms with van der Waals surface area (Å²) in [7, 11) is 0. The van der Waals surface area contributed by atoms with E-state index in [0.717, 1.165) is 16.9 Å². The second-order valence-corrected chi connectivity index (χ2v) is 7.56. The lowest BCUT2D eigenvalue weighted by Gasteiger charge is -2.36. The monoisotopic (exact) mass is 294 g/mol. The molecule has 0 saturated heterocycles. The minimum absolute atomic E-state index is 0.124. The van der Waals surface area contributed by atoms with E-state index in [1.54, 1.807) is 0 Å². The van der Waals surface area contributed by atoms with Crippen LogP contribution in [0.25, 0.3) is 0 Å². The Morgan fingerprint density at radius 1 is 1.25 bits per heavy atom. The highest BCUT2D eigenvalue weighted by Crippen LogP contribution is 2.36. The molecule has 1 saturated carbocycles. The molecule has 0 aliphatic heterocycles. The number of benzene rings is 1. The highest BCUT2D eigenvalue weighted by molar-refractivity contribution is 7.80. The van der Waals surface area contributed by atoms with Gasteiger partial charge in [-0.05, 0) is 49.1 Å². The maximum atomic E-state index is 12.5. The van der Waals surface area contributed by atoms with Gasteiger partial charge in [0.2, 0.25) is 0 Å². The van der Waals surface area contributed by atoms with Crippen molar-refractivity contribution in [2.45, 2.75) is 58.0 Å². The molecule has 3 heteroatoms. The van der Waals surface area contributed by atoms with Crippen LogP contribution in [-0.2, 0) is 15.3 Å². The summed E-state index contributed by atoms with van der Waals surface area (Å²) in [4.78, 5) is 0.813. The van der Waals surface area contributed by atoms with E-state index in [1.165, 1.54) is 12.8 Å². The molecule has 4 atom stereocenters. The van der Waals surface area contributed by atoms with Crippen LogP contribution in [0.4, 0.5) is 0 Å². The van der Waals surface area contributed by atoms with Crippen molar-refractivity contribution in [1.29, 1.82) is 0 Å². The van der Waals surface area contributed by atoms with Gasteiger partial charge in [-0.15, -0.1) is 0 Å². The molecule has 0 bridgehead atoms. The molecule has 0 aromatic heterocycles. The van der Waals surface area contributed by atoms with Crippen LogP contribution in [0.5, 0.6) is 0 Å². The molecule has 2 nitrogen and oxygen atoms in total. The first-order valence-electron chi connectivity index (χ1n) is 7.63. The molecule has 1 aliphatic rings. The number of hydrogen-bond acceptors (Lipinski definition) is 2. The van der Waals surface area contributed by atoms with Crippen LogP contribution in [-0.4, -0.2) is 10.3 Å². The van der Waals surface area contributed by atoms with Gasteiger partial charge in [-0.1, -0.05) is 45.4 Å². The zero-order valence-corrected chi connectivity index (χ0v) is 13.8. The summed E-state index contributed by atoms with van der Waals surface area (Å²) < 4.78 is 18.5. The van der Waals surface area contributed by atoms with Crippen LogP contribution >= 0.6 is 0 Å². The van der Waals surface area contributed by atoms with Gasteiger partial charge in [-0.25, -0.2) is 4.21 Å². The van der Waals surface area contributed by atoms with Crippen molar-refractivity contribution in [2.75, 3.05) is 0 Å². The van der Waals surface area contributed by atoms with Crippen LogP contribution in [0.2, 0.25) is 0 Å². The first-order valence-corrected chi connectivity index (χ1v) is 8.71. The zero-order valence-electron chi connectivity index (χ0n) is 13.0. The Labute approximate surface area is 125 Å². The van der Waals surface area contributed by atoms with Crippen molar-refractivity contribution in [3.8, 4) is 0 Å². The van der Waals surface area contributed by atoms with Crippen molar-refractivity contribution in [3.05, 3.63) is 29.8 Å². The normalized spacial score (nSPS) is 28.6. The largest absolute Gasteiger partial charge is 0.283 e. The van der Waals surface area contributed by atoms with Crippen molar-refractivity contribution < 1.29 is 8.39 Å². The maximum Gasteiger partial charge on any atom is 0.189 e. The number of hydrogen-bond donors (Lipinski definition) is 0. The van der Waals surface area contributed by atoms with Gasteiger partial charge in [0.15, 0.2) is 11.1 Å². The highest BCUT2D eigenvalue weighted by Gasteiger charge is 2.33. The van der Waals surface area contributed by atoms with Crippen LogP contribution in [0, 0.1) is 24.7 Å². The Bertz CT molecular complexity index is 470. The van der Waals surface area contributed by atoms with Gasteiger partial charge in [-0.2, -0.15) is 0 Å². The van der Waals surface area contributed by atoms with E-state index in [1.807, 2.05) is 31.2 Å². The van der Waals surface area contributed by atoms with E-state index in [-0.39, 0.29) is 6.10 Å². The van der Waals surface area contributed by atoms with Gasteiger partial charge in [0.1, 0.15) is 0 Å². The molecule has 1 aliphatic carbocycles. The first kappa shape index (κ1) is 15.7. The van der Waals surface area contributed by atoms with E-state index in [0.29, 0.717) is 17.8 Å². The van der Waals surface area contributed by atoms with Crippen molar-refractivity contribution >= 4 is 11.1 Å². The van der Waals surface area contributed by atoms with Gasteiger partial charge in [-0.3, -0.25) is 4.18 Å². The molecule has 20 heavy (non-hydrogen) atoms. The average molecular weight is 294 g/mol. The molecule has 0 amide bonds. The predicted octanol–water partition coefficient (Wildman–Crippen LogP) is 4.50. The summed E-state index contributed by atoms with van der Waals surface area (Å²) in [6.07, 6.45) is 3.61. The Morgan fingerprint density at radius 3 is 2.60 bits per heavy atom. The third-order valence-corrected chi connectivity index (χ3v) is 5.68. The highest BCUT2D eigenvalue weighted by atomic mass is 32.2. The number of aryl methyl sites for hydroxylation is 1. The zero-order chi connectivity index (χ0) is 14.7. The summed E-state index contributed by atoms with van der Waals surface area (Å²) in [5.41, 5.74) is 1.04. The maximum absolute atomic E-state index is 12.5. The van der Waals surface area contributed by atoms with Gasteiger partial charge >= 0.3 is 0 Å². The van der Waals surface area contributed by atoms with E-state index in [9.17, 15) is 4.21 Å². The van der Waals surface area contributed by atoms with E-state index in [2.05, 4.69) is 20.8 Å². The van der Waals surface area contributed by atoms with Crippen LogP contribution in [0.3, 0.4) is 0 Å². The standard InChI is InChI=1S/C17H26O2S/c1-12(2)15-10-9-13(3)11-16(15)19-20(18)17-8-6-5-7-14(17)4/h5-8,12-13,15-16H,9-11H2,1-4H3/t13?,15?,16?,20-/m1/s1. The molecule has 112 valence electrons. The minimum Gasteiger partial charge on any atom is -0.283 e. The summed E-state index contributed by atoms with van der Waals surface area (Å²) in [6.45, 7) is 8.74. The Balaban J connectivity index is 2.10. The van der Waals surface area contributed by atoms with E-state index < -0.39 is 11.1 Å². The quantitative estimate of drug-likeness (QED) is 0.817. The van der Waals surface area contributed by atoms with Gasteiger partial charge in [0, 0.05) is 0 Å². The minimum atomic E-state index is -1.34. The number of rotatable bonds is 4. The van der Waals surface area contributed by atoms with Gasteiger partial charge in [0.25, 0.3) is 0 Å². The summed E-state index contributed by atoms with van der Waals surface area (Å²) in [5, 5.41) is 0. The van der Waals surface area contributed by atoms with Crippen molar-refractivity contribution in [2.24, 2.45) is 17.8 Å². The third kappa shape index (κ3) is 3.70. The molecule has 0 spiro atoms. The Kier molecular flexibility index (Phi) is 5.39. The smallest absolute Gasteiger partial charge is 0.189 e. The Morgan fingerprint density at radius 2 is 1.95 bits per heavy atom. The summed E-state index contributed by atoms with van der Waals surface area (Å²) in [6, 6.07) is 7.78. The molecule has 0 N–H and O–H groups in total. The molecule has 0 heterocycles. The predicted molar refractivity (Wildman–Crippen MR) is 83.8 cm³/mol. The fraction of sp³-hybridized carbons (Fsp3) is 0.647. The molecular weight excluding hydrogens is 268 g/mol. The van der Waals surface area contributed by atoms with Crippen molar-refractivity contribution in [3.63, 3.8) is 0 Å². The second kappa shape index (κ2) is 6.86. The van der Waals surface area contributed by atoms with E-state index in [4.69, 9.17) is 4.18 Å². The molecule has 0 radical (unpaired) electrons.